The molecule has 2 fully saturated rings. The van der Waals surface area contributed by atoms with Crippen LogP contribution in [-0.4, -0.2) is 48.5 Å². The van der Waals surface area contributed by atoms with Gasteiger partial charge in [-0.3, -0.25) is 4.90 Å². The molecule has 2 aliphatic rings. The maximum absolute atomic E-state index is 9.05. The Labute approximate surface area is 98.8 Å². The fraction of sp³-hybridized carbons (Fsp3) is 1.00. The SMILES string of the molecule is C[C@@H]1[C@@H](C2CCCCC2)OCCN1CCO. The van der Waals surface area contributed by atoms with E-state index in [1.54, 1.807) is 0 Å². The lowest BCUT2D eigenvalue weighted by Gasteiger charge is -2.43. The number of ether oxygens (including phenoxy) is 1. The van der Waals surface area contributed by atoms with Gasteiger partial charge in [-0.2, -0.15) is 0 Å². The van der Waals surface area contributed by atoms with Crippen LogP contribution in [0.4, 0.5) is 0 Å². The molecule has 1 saturated heterocycles. The average molecular weight is 227 g/mol. The van der Waals surface area contributed by atoms with E-state index in [0.29, 0.717) is 12.1 Å². The van der Waals surface area contributed by atoms with Crippen LogP contribution in [0.3, 0.4) is 0 Å². The van der Waals surface area contributed by atoms with Crippen molar-refractivity contribution in [3.8, 4) is 0 Å². The third kappa shape index (κ3) is 2.76. The number of hydrogen-bond donors (Lipinski definition) is 1. The van der Waals surface area contributed by atoms with Crippen LogP contribution < -0.4 is 0 Å². The summed E-state index contributed by atoms with van der Waals surface area (Å²) in [7, 11) is 0. The normalized spacial score (nSPS) is 34.1. The zero-order valence-corrected chi connectivity index (χ0v) is 10.4. The maximum atomic E-state index is 9.05. The van der Waals surface area contributed by atoms with Crippen molar-refractivity contribution in [1.82, 2.24) is 4.90 Å². The Morgan fingerprint density at radius 1 is 1.25 bits per heavy atom. The second-order valence-corrected chi connectivity index (χ2v) is 5.23. The Kier molecular flexibility index (Phi) is 4.62. The molecule has 0 aromatic heterocycles. The summed E-state index contributed by atoms with van der Waals surface area (Å²) in [6.07, 6.45) is 7.22. The van der Waals surface area contributed by atoms with Crippen LogP contribution >= 0.6 is 0 Å². The first-order valence-corrected chi connectivity index (χ1v) is 6.79. The third-order valence-corrected chi connectivity index (χ3v) is 4.24. The summed E-state index contributed by atoms with van der Waals surface area (Å²) in [6, 6.07) is 0.476. The number of β-amino-alcohol motifs (C(OH)–C–C–N with tert-alkyl or cyclic N) is 1. The Morgan fingerprint density at radius 3 is 2.69 bits per heavy atom. The van der Waals surface area contributed by atoms with Crippen LogP contribution in [-0.2, 0) is 4.74 Å². The minimum Gasteiger partial charge on any atom is -0.395 e. The lowest BCUT2D eigenvalue weighted by molar-refractivity contribution is -0.0999. The van der Waals surface area contributed by atoms with Crippen LogP contribution in [0.5, 0.6) is 0 Å². The molecule has 0 spiro atoms. The van der Waals surface area contributed by atoms with E-state index in [-0.39, 0.29) is 6.61 Å². The van der Waals surface area contributed by atoms with E-state index < -0.39 is 0 Å². The molecule has 1 heterocycles. The summed E-state index contributed by atoms with van der Waals surface area (Å²) in [5, 5.41) is 9.05. The summed E-state index contributed by atoms with van der Waals surface area (Å²) >= 11 is 0. The van der Waals surface area contributed by atoms with Gasteiger partial charge in [0.15, 0.2) is 0 Å². The van der Waals surface area contributed by atoms with Gasteiger partial charge in [0.25, 0.3) is 0 Å². The van der Waals surface area contributed by atoms with Crippen molar-refractivity contribution in [2.45, 2.75) is 51.2 Å². The van der Waals surface area contributed by atoms with E-state index in [1.807, 2.05) is 0 Å². The molecule has 0 aromatic carbocycles. The molecule has 3 heteroatoms. The largest absolute Gasteiger partial charge is 0.395 e. The Morgan fingerprint density at radius 2 is 2.00 bits per heavy atom. The molecule has 0 aromatic rings. The number of aliphatic hydroxyl groups excluding tert-OH is 1. The molecule has 1 saturated carbocycles. The molecule has 1 aliphatic carbocycles. The van der Waals surface area contributed by atoms with Crippen LogP contribution in [0.1, 0.15) is 39.0 Å². The van der Waals surface area contributed by atoms with Crippen LogP contribution in [0.25, 0.3) is 0 Å². The second kappa shape index (κ2) is 5.99. The van der Waals surface area contributed by atoms with Crippen molar-refractivity contribution in [2.75, 3.05) is 26.3 Å². The van der Waals surface area contributed by atoms with Gasteiger partial charge in [0.05, 0.1) is 19.3 Å². The van der Waals surface area contributed by atoms with Crippen molar-refractivity contribution >= 4 is 0 Å². The van der Waals surface area contributed by atoms with Crippen molar-refractivity contribution in [3.05, 3.63) is 0 Å². The highest BCUT2D eigenvalue weighted by molar-refractivity contribution is 4.86. The molecule has 16 heavy (non-hydrogen) atoms. The molecule has 2 rings (SSSR count). The lowest BCUT2D eigenvalue weighted by atomic mass is 9.82. The van der Waals surface area contributed by atoms with Gasteiger partial charge in [0, 0.05) is 19.1 Å². The predicted molar refractivity (Wildman–Crippen MR) is 64.4 cm³/mol. The highest BCUT2D eigenvalue weighted by Gasteiger charge is 2.34. The molecule has 1 aliphatic heterocycles. The Bertz CT molecular complexity index is 202. The molecule has 1 N–H and O–H groups in total. The van der Waals surface area contributed by atoms with Crippen molar-refractivity contribution in [3.63, 3.8) is 0 Å². The molecule has 0 bridgehead atoms. The van der Waals surface area contributed by atoms with E-state index >= 15 is 0 Å². The predicted octanol–water partition coefficient (Wildman–Crippen LogP) is 1.65. The first-order chi connectivity index (χ1) is 7.83. The number of morpholine rings is 1. The maximum Gasteiger partial charge on any atom is 0.0756 e. The number of hydrogen-bond acceptors (Lipinski definition) is 3. The fourth-order valence-corrected chi connectivity index (χ4v) is 3.29. The smallest absolute Gasteiger partial charge is 0.0756 e. The molecular weight excluding hydrogens is 202 g/mol. The minimum absolute atomic E-state index is 0.266. The number of nitrogens with zero attached hydrogens (tertiary/aromatic N) is 1. The van der Waals surface area contributed by atoms with Crippen molar-refractivity contribution in [2.24, 2.45) is 5.92 Å². The van der Waals surface area contributed by atoms with Gasteiger partial charge in [-0.1, -0.05) is 19.3 Å². The number of rotatable bonds is 3. The zero-order chi connectivity index (χ0) is 11.4. The summed E-state index contributed by atoms with van der Waals surface area (Å²) in [5.74, 6) is 0.755. The molecule has 0 radical (unpaired) electrons. The Hall–Kier alpha value is -0.120. The van der Waals surface area contributed by atoms with Gasteiger partial charge >= 0.3 is 0 Å². The molecule has 0 unspecified atom stereocenters. The molecule has 2 atom stereocenters. The second-order valence-electron chi connectivity index (χ2n) is 5.23. The van der Waals surface area contributed by atoms with Crippen molar-refractivity contribution in [1.29, 1.82) is 0 Å². The summed E-state index contributed by atoms with van der Waals surface area (Å²) in [5.41, 5.74) is 0. The quantitative estimate of drug-likeness (QED) is 0.795. The molecule has 94 valence electrons. The van der Waals surface area contributed by atoms with E-state index in [9.17, 15) is 0 Å². The van der Waals surface area contributed by atoms with E-state index in [1.165, 1.54) is 32.1 Å². The highest BCUT2D eigenvalue weighted by Crippen LogP contribution is 2.32. The van der Waals surface area contributed by atoms with Crippen molar-refractivity contribution < 1.29 is 9.84 Å². The monoisotopic (exact) mass is 227 g/mol. The number of aliphatic hydroxyl groups is 1. The van der Waals surface area contributed by atoms with E-state index in [2.05, 4.69) is 11.8 Å². The molecule has 0 amide bonds. The van der Waals surface area contributed by atoms with Gasteiger partial charge < -0.3 is 9.84 Å². The summed E-state index contributed by atoms with van der Waals surface area (Å²) in [4.78, 5) is 2.38. The summed E-state index contributed by atoms with van der Waals surface area (Å²) < 4.78 is 5.98. The topological polar surface area (TPSA) is 32.7 Å². The van der Waals surface area contributed by atoms with Crippen LogP contribution in [0, 0.1) is 5.92 Å². The van der Waals surface area contributed by atoms with Crippen LogP contribution in [0.2, 0.25) is 0 Å². The average Bonchev–Trinajstić information content (AvgIpc) is 2.33. The van der Waals surface area contributed by atoms with Gasteiger partial charge in [0.2, 0.25) is 0 Å². The molecular formula is C13H25NO2. The van der Waals surface area contributed by atoms with Crippen LogP contribution in [0.15, 0.2) is 0 Å². The minimum atomic E-state index is 0.266. The first kappa shape index (κ1) is 12.3. The third-order valence-electron chi connectivity index (χ3n) is 4.24. The molecule has 3 nitrogen and oxygen atoms in total. The van der Waals surface area contributed by atoms with Gasteiger partial charge in [-0.05, 0) is 25.7 Å². The van der Waals surface area contributed by atoms with Gasteiger partial charge in [-0.15, -0.1) is 0 Å². The van der Waals surface area contributed by atoms with Gasteiger partial charge in [0.1, 0.15) is 0 Å². The first-order valence-electron chi connectivity index (χ1n) is 6.79. The lowest BCUT2D eigenvalue weighted by Crippen LogP contribution is -2.53. The van der Waals surface area contributed by atoms with Gasteiger partial charge in [-0.25, -0.2) is 0 Å². The summed E-state index contributed by atoms with van der Waals surface area (Å²) in [6.45, 7) is 5.14. The fourth-order valence-electron chi connectivity index (χ4n) is 3.29. The Balaban J connectivity index is 1.91. The zero-order valence-electron chi connectivity index (χ0n) is 10.4. The van der Waals surface area contributed by atoms with E-state index in [0.717, 1.165) is 25.6 Å². The highest BCUT2D eigenvalue weighted by atomic mass is 16.5. The standard InChI is InChI=1S/C13H25NO2/c1-11-13(12-5-3-2-4-6-12)16-10-8-14(11)7-9-15/h11-13,15H,2-10H2,1H3/t11-,13+/m1/s1. The van der Waals surface area contributed by atoms with E-state index in [4.69, 9.17) is 9.84 Å².